The highest BCUT2D eigenvalue weighted by atomic mass is 16.6. The van der Waals surface area contributed by atoms with Gasteiger partial charge in [0.25, 0.3) is 0 Å². The Bertz CT molecular complexity index is 381. The van der Waals surface area contributed by atoms with Crippen LogP contribution in [0.3, 0.4) is 0 Å². The number of hydrogen-bond donors (Lipinski definition) is 1. The quantitative estimate of drug-likeness (QED) is 0.836. The fraction of sp³-hybridized carbons (Fsp3) is 0.857. The number of carbonyl (C=O) groups excluding carboxylic acids is 1. The van der Waals surface area contributed by atoms with Gasteiger partial charge in [0.1, 0.15) is 5.60 Å². The van der Waals surface area contributed by atoms with Crippen LogP contribution in [0.15, 0.2) is 0 Å². The highest BCUT2D eigenvalue weighted by molar-refractivity contribution is 5.78. The standard InChI is InChI=1S/C14H23NO4/c1-13(2,3)19-12(18)15-8-4-5-10(9-15)14(6-7-14)11(16)17/h10H,4-9H2,1-3H3,(H,16,17)/t10-/m1/s1. The number of piperidine rings is 1. The summed E-state index contributed by atoms with van der Waals surface area (Å²) in [5, 5.41) is 9.33. The molecule has 0 bridgehead atoms. The zero-order valence-corrected chi connectivity index (χ0v) is 11.9. The topological polar surface area (TPSA) is 66.8 Å². The highest BCUT2D eigenvalue weighted by Gasteiger charge is 2.56. The molecule has 1 amide bonds. The average molecular weight is 269 g/mol. The van der Waals surface area contributed by atoms with Gasteiger partial charge in [0.15, 0.2) is 0 Å². The molecule has 0 aromatic rings. The minimum Gasteiger partial charge on any atom is -0.481 e. The summed E-state index contributed by atoms with van der Waals surface area (Å²) in [7, 11) is 0. The number of carboxylic acid groups (broad SMARTS) is 1. The number of ether oxygens (including phenoxy) is 1. The summed E-state index contributed by atoms with van der Waals surface area (Å²) in [4.78, 5) is 25.1. The summed E-state index contributed by atoms with van der Waals surface area (Å²) >= 11 is 0. The van der Waals surface area contributed by atoms with Crippen molar-refractivity contribution in [2.75, 3.05) is 13.1 Å². The lowest BCUT2D eigenvalue weighted by Crippen LogP contribution is -2.46. The van der Waals surface area contributed by atoms with E-state index in [0.717, 1.165) is 25.7 Å². The monoisotopic (exact) mass is 269 g/mol. The molecule has 2 rings (SSSR count). The van der Waals surface area contributed by atoms with Crippen molar-refractivity contribution in [1.29, 1.82) is 0 Å². The van der Waals surface area contributed by atoms with Crippen molar-refractivity contribution in [2.45, 2.75) is 52.1 Å². The smallest absolute Gasteiger partial charge is 0.410 e. The summed E-state index contributed by atoms with van der Waals surface area (Å²) in [5.41, 5.74) is -1.07. The highest BCUT2D eigenvalue weighted by Crippen LogP contribution is 2.54. The predicted molar refractivity (Wildman–Crippen MR) is 69.8 cm³/mol. The second-order valence-electron chi connectivity index (χ2n) is 6.73. The molecule has 108 valence electrons. The van der Waals surface area contributed by atoms with Gasteiger partial charge in [-0.2, -0.15) is 0 Å². The van der Waals surface area contributed by atoms with E-state index in [9.17, 15) is 14.7 Å². The van der Waals surface area contributed by atoms with Crippen LogP contribution in [0.1, 0.15) is 46.5 Å². The van der Waals surface area contributed by atoms with Crippen LogP contribution in [0.2, 0.25) is 0 Å². The van der Waals surface area contributed by atoms with Crippen molar-refractivity contribution in [3.63, 3.8) is 0 Å². The molecule has 19 heavy (non-hydrogen) atoms. The number of amides is 1. The van der Waals surface area contributed by atoms with E-state index >= 15 is 0 Å². The van der Waals surface area contributed by atoms with Crippen LogP contribution < -0.4 is 0 Å². The molecule has 0 unspecified atom stereocenters. The molecule has 1 aliphatic carbocycles. The lowest BCUT2D eigenvalue weighted by Gasteiger charge is -2.36. The summed E-state index contributed by atoms with van der Waals surface area (Å²) in [5.74, 6) is -0.630. The van der Waals surface area contributed by atoms with E-state index in [1.54, 1.807) is 4.90 Å². The van der Waals surface area contributed by atoms with Gasteiger partial charge >= 0.3 is 12.1 Å². The molecule has 1 N–H and O–H groups in total. The maximum absolute atomic E-state index is 12.0. The van der Waals surface area contributed by atoms with Gasteiger partial charge in [0, 0.05) is 13.1 Å². The Balaban J connectivity index is 1.98. The number of likely N-dealkylation sites (tertiary alicyclic amines) is 1. The molecule has 1 atom stereocenters. The molecular formula is C14H23NO4. The average Bonchev–Trinajstić information content (AvgIpc) is 3.08. The van der Waals surface area contributed by atoms with E-state index in [1.807, 2.05) is 20.8 Å². The number of nitrogens with zero attached hydrogens (tertiary/aromatic N) is 1. The second-order valence-corrected chi connectivity index (χ2v) is 6.73. The molecule has 1 heterocycles. The van der Waals surface area contributed by atoms with Gasteiger partial charge in [-0.1, -0.05) is 0 Å². The zero-order valence-electron chi connectivity index (χ0n) is 11.9. The Kier molecular flexibility index (Phi) is 3.49. The van der Waals surface area contributed by atoms with E-state index in [1.165, 1.54) is 0 Å². The minimum atomic E-state index is -0.705. The van der Waals surface area contributed by atoms with E-state index in [4.69, 9.17) is 4.74 Å². The maximum Gasteiger partial charge on any atom is 0.410 e. The van der Waals surface area contributed by atoms with Crippen LogP contribution in [-0.4, -0.2) is 40.8 Å². The summed E-state index contributed by atoms with van der Waals surface area (Å²) in [6.07, 6.45) is 2.92. The summed E-state index contributed by atoms with van der Waals surface area (Å²) in [6.45, 7) is 6.70. The predicted octanol–water partition coefficient (Wildman–Crippen LogP) is 2.50. The van der Waals surface area contributed by atoms with Crippen molar-refractivity contribution in [3.8, 4) is 0 Å². The first-order valence-electron chi connectivity index (χ1n) is 6.96. The van der Waals surface area contributed by atoms with Gasteiger partial charge in [-0.25, -0.2) is 4.79 Å². The number of aliphatic carboxylic acids is 1. The molecule has 0 spiro atoms. The van der Waals surface area contributed by atoms with Crippen molar-refractivity contribution >= 4 is 12.1 Å². The molecular weight excluding hydrogens is 246 g/mol. The minimum absolute atomic E-state index is 0.0752. The maximum atomic E-state index is 12.0. The lowest BCUT2D eigenvalue weighted by atomic mass is 9.83. The number of hydrogen-bond acceptors (Lipinski definition) is 3. The molecule has 2 aliphatic rings. The van der Waals surface area contributed by atoms with Crippen LogP contribution in [0.4, 0.5) is 4.79 Å². The molecule has 1 saturated heterocycles. The molecule has 1 saturated carbocycles. The SMILES string of the molecule is CC(C)(C)OC(=O)N1CCC[C@@H](C2(C(=O)O)CC2)C1. The number of carboxylic acids is 1. The third-order valence-corrected chi connectivity index (χ3v) is 4.07. The fourth-order valence-electron chi connectivity index (χ4n) is 2.85. The third-order valence-electron chi connectivity index (χ3n) is 4.07. The van der Waals surface area contributed by atoms with Crippen molar-refractivity contribution in [3.05, 3.63) is 0 Å². The Labute approximate surface area is 113 Å². The van der Waals surface area contributed by atoms with Crippen molar-refractivity contribution in [1.82, 2.24) is 4.90 Å². The molecule has 5 nitrogen and oxygen atoms in total. The first kappa shape index (κ1) is 14.2. The Morgan fingerprint density at radius 3 is 2.42 bits per heavy atom. The Hall–Kier alpha value is -1.26. The number of rotatable bonds is 2. The van der Waals surface area contributed by atoms with Crippen molar-refractivity contribution in [2.24, 2.45) is 11.3 Å². The molecule has 1 aliphatic heterocycles. The first-order chi connectivity index (χ1) is 8.74. The Morgan fingerprint density at radius 1 is 1.32 bits per heavy atom. The third kappa shape index (κ3) is 3.01. The second kappa shape index (κ2) is 4.69. The number of carbonyl (C=O) groups is 2. The summed E-state index contributed by atoms with van der Waals surface area (Å²) in [6, 6.07) is 0. The summed E-state index contributed by atoms with van der Waals surface area (Å²) < 4.78 is 5.36. The van der Waals surface area contributed by atoms with Crippen LogP contribution in [0.25, 0.3) is 0 Å². The van der Waals surface area contributed by atoms with E-state index < -0.39 is 17.0 Å². The molecule has 0 aromatic carbocycles. The molecule has 0 radical (unpaired) electrons. The molecule has 2 fully saturated rings. The van der Waals surface area contributed by atoms with Gasteiger partial charge in [0.2, 0.25) is 0 Å². The van der Waals surface area contributed by atoms with Gasteiger partial charge in [-0.3, -0.25) is 4.79 Å². The zero-order chi connectivity index (χ0) is 14.3. The van der Waals surface area contributed by atoms with Gasteiger partial charge in [0.05, 0.1) is 5.41 Å². The largest absolute Gasteiger partial charge is 0.481 e. The van der Waals surface area contributed by atoms with Gasteiger partial charge < -0.3 is 14.7 Å². The normalized spacial score (nSPS) is 25.8. The molecule has 5 heteroatoms. The molecule has 0 aromatic heterocycles. The fourth-order valence-corrected chi connectivity index (χ4v) is 2.85. The van der Waals surface area contributed by atoms with E-state index in [-0.39, 0.29) is 12.0 Å². The lowest BCUT2D eigenvalue weighted by molar-refractivity contribution is -0.146. The van der Waals surface area contributed by atoms with Crippen LogP contribution in [0.5, 0.6) is 0 Å². The van der Waals surface area contributed by atoms with E-state index in [2.05, 4.69) is 0 Å². The van der Waals surface area contributed by atoms with Crippen LogP contribution >= 0.6 is 0 Å². The van der Waals surface area contributed by atoms with Gasteiger partial charge in [-0.15, -0.1) is 0 Å². The van der Waals surface area contributed by atoms with Gasteiger partial charge in [-0.05, 0) is 52.4 Å². The van der Waals surface area contributed by atoms with E-state index in [0.29, 0.717) is 13.1 Å². The van der Waals surface area contributed by atoms with Crippen LogP contribution in [0, 0.1) is 11.3 Å². The Morgan fingerprint density at radius 2 is 1.95 bits per heavy atom. The van der Waals surface area contributed by atoms with Crippen LogP contribution in [-0.2, 0) is 9.53 Å². The first-order valence-corrected chi connectivity index (χ1v) is 6.96. The van der Waals surface area contributed by atoms with Crippen molar-refractivity contribution < 1.29 is 19.4 Å².